The van der Waals surface area contributed by atoms with E-state index in [1.807, 2.05) is 6.07 Å². The fraction of sp³-hybridized carbons (Fsp3) is 0.417. The number of amides is 1. The van der Waals surface area contributed by atoms with E-state index in [2.05, 4.69) is 32.0 Å². The summed E-state index contributed by atoms with van der Waals surface area (Å²) in [5, 5.41) is 2.55. The van der Waals surface area contributed by atoms with Crippen LogP contribution in [0.2, 0.25) is 0 Å². The van der Waals surface area contributed by atoms with Crippen LogP contribution in [0.1, 0.15) is 41.2 Å². The number of anilines is 1. The summed E-state index contributed by atoms with van der Waals surface area (Å²) in [6, 6.07) is 5.59. The maximum Gasteiger partial charge on any atom is 0.420 e. The summed E-state index contributed by atoms with van der Waals surface area (Å²) in [6.45, 7) is 6.30. The van der Waals surface area contributed by atoms with Gasteiger partial charge in [-0.1, -0.05) is 6.07 Å². The van der Waals surface area contributed by atoms with Gasteiger partial charge in [0, 0.05) is 51.9 Å². The van der Waals surface area contributed by atoms with Crippen molar-refractivity contribution >= 4 is 23.0 Å². The summed E-state index contributed by atoms with van der Waals surface area (Å²) in [5.74, 6) is -1.14. The molecule has 10 heteroatoms. The first-order chi connectivity index (χ1) is 16.1. The summed E-state index contributed by atoms with van der Waals surface area (Å²) >= 11 is 0. The number of allylic oxidation sites excluding steroid dienone is 2. The van der Waals surface area contributed by atoms with Gasteiger partial charge in [0.2, 0.25) is 0 Å². The molecule has 2 aromatic rings. The molecular weight excluding hydrogens is 447 g/mol. The molecule has 2 aromatic heterocycles. The Balaban J connectivity index is 1.44. The van der Waals surface area contributed by atoms with E-state index in [1.54, 1.807) is 31.6 Å². The van der Waals surface area contributed by atoms with Gasteiger partial charge < -0.3 is 10.2 Å². The highest BCUT2D eigenvalue weighted by Gasteiger charge is 2.43. The van der Waals surface area contributed by atoms with Gasteiger partial charge in [0.25, 0.3) is 5.91 Å². The van der Waals surface area contributed by atoms with Crippen LogP contribution < -0.4 is 10.2 Å². The molecule has 1 fully saturated rings. The standard InChI is InChI=1S/C24H26F3N5O2/c1-14-12-32(18-4-5-19(29-11-18)23(34)28-3)7-6-31(14)13-16-8-17-9-20(33)21(24(25,26)27)15(2)22(17)30-10-16/h4-5,8,10-11,14H,6-7,9,12-13H2,1-3H3,(H,28,34)/t14-/m0/s1. The molecule has 1 N–H and O–H groups in total. The van der Waals surface area contributed by atoms with Gasteiger partial charge >= 0.3 is 6.18 Å². The molecule has 0 bridgehead atoms. The molecule has 0 spiro atoms. The number of piperazine rings is 1. The van der Waals surface area contributed by atoms with Crippen molar-refractivity contribution in [1.29, 1.82) is 0 Å². The van der Waals surface area contributed by atoms with E-state index in [9.17, 15) is 22.8 Å². The monoisotopic (exact) mass is 473 g/mol. The van der Waals surface area contributed by atoms with Gasteiger partial charge in [-0.15, -0.1) is 0 Å². The minimum atomic E-state index is -4.67. The van der Waals surface area contributed by atoms with E-state index in [4.69, 9.17) is 0 Å². The Hall–Kier alpha value is -3.27. The molecule has 2 aliphatic rings. The van der Waals surface area contributed by atoms with Crippen LogP contribution in [0, 0.1) is 0 Å². The number of hydrogen-bond donors (Lipinski definition) is 1. The molecule has 3 heterocycles. The number of nitrogens with zero attached hydrogens (tertiary/aromatic N) is 4. The molecule has 0 aromatic carbocycles. The van der Waals surface area contributed by atoms with Gasteiger partial charge in [-0.05, 0) is 42.7 Å². The summed E-state index contributed by atoms with van der Waals surface area (Å²) in [5.41, 5.74) is 1.76. The normalized spacial score (nSPS) is 19.3. The molecule has 0 saturated carbocycles. The van der Waals surface area contributed by atoms with Crippen molar-refractivity contribution in [3.63, 3.8) is 0 Å². The Kier molecular flexibility index (Phi) is 6.44. The molecule has 0 radical (unpaired) electrons. The van der Waals surface area contributed by atoms with Crippen LogP contribution in [0.15, 0.2) is 36.2 Å². The number of aromatic nitrogens is 2. The third kappa shape index (κ3) is 4.68. The Morgan fingerprint density at radius 3 is 2.59 bits per heavy atom. The molecule has 1 aliphatic heterocycles. The van der Waals surface area contributed by atoms with E-state index in [0.29, 0.717) is 17.8 Å². The number of halogens is 3. The lowest BCUT2D eigenvalue weighted by molar-refractivity contribution is -0.128. The van der Waals surface area contributed by atoms with Gasteiger partial charge in [-0.25, -0.2) is 4.98 Å². The second-order valence-electron chi connectivity index (χ2n) is 8.70. The Bertz CT molecular complexity index is 1140. The minimum absolute atomic E-state index is 0.108. The van der Waals surface area contributed by atoms with Crippen molar-refractivity contribution in [2.75, 3.05) is 31.6 Å². The average Bonchev–Trinajstić information content (AvgIpc) is 2.79. The predicted molar refractivity (Wildman–Crippen MR) is 121 cm³/mol. The van der Waals surface area contributed by atoms with E-state index < -0.39 is 17.5 Å². The molecule has 1 amide bonds. The third-order valence-electron chi connectivity index (χ3n) is 6.39. The lowest BCUT2D eigenvalue weighted by atomic mass is 9.88. The van der Waals surface area contributed by atoms with Crippen LogP contribution in [0.3, 0.4) is 0 Å². The van der Waals surface area contributed by atoms with Crippen LogP contribution >= 0.6 is 0 Å². The molecule has 7 nitrogen and oxygen atoms in total. The maximum atomic E-state index is 13.3. The first-order valence-electron chi connectivity index (χ1n) is 11.0. The highest BCUT2D eigenvalue weighted by molar-refractivity contribution is 6.07. The number of carbonyl (C=O) groups is 2. The fourth-order valence-electron chi connectivity index (χ4n) is 4.61. The highest BCUT2D eigenvalue weighted by Crippen LogP contribution is 2.37. The van der Waals surface area contributed by atoms with Crippen molar-refractivity contribution < 1.29 is 22.8 Å². The molecule has 1 atom stereocenters. The van der Waals surface area contributed by atoms with Crippen molar-refractivity contribution in [2.45, 2.75) is 39.0 Å². The van der Waals surface area contributed by atoms with E-state index in [1.165, 1.54) is 6.92 Å². The molecule has 180 valence electrons. The molecular formula is C24H26F3N5O2. The van der Waals surface area contributed by atoms with Gasteiger partial charge in [0.05, 0.1) is 17.6 Å². The van der Waals surface area contributed by atoms with Crippen LogP contribution in [0.5, 0.6) is 0 Å². The summed E-state index contributed by atoms with van der Waals surface area (Å²) in [6.07, 6.45) is -1.66. The molecule has 1 aliphatic carbocycles. The van der Waals surface area contributed by atoms with Gasteiger partial charge in [0.1, 0.15) is 11.3 Å². The van der Waals surface area contributed by atoms with Gasteiger partial charge in [0.15, 0.2) is 5.78 Å². The van der Waals surface area contributed by atoms with Gasteiger partial charge in [-0.2, -0.15) is 13.2 Å². The van der Waals surface area contributed by atoms with Crippen molar-refractivity contribution in [2.24, 2.45) is 0 Å². The topological polar surface area (TPSA) is 78.4 Å². The lowest BCUT2D eigenvalue weighted by Gasteiger charge is -2.41. The second kappa shape index (κ2) is 9.17. The minimum Gasteiger partial charge on any atom is -0.367 e. The number of rotatable bonds is 4. The number of ketones is 1. The first-order valence-corrected chi connectivity index (χ1v) is 11.0. The van der Waals surface area contributed by atoms with Gasteiger partial charge in [-0.3, -0.25) is 19.5 Å². The number of nitrogens with one attached hydrogen (secondary N) is 1. The van der Waals surface area contributed by atoms with E-state index in [0.717, 1.165) is 30.9 Å². The second-order valence-corrected chi connectivity index (χ2v) is 8.70. The molecule has 1 saturated heterocycles. The number of pyridine rings is 2. The van der Waals surface area contributed by atoms with E-state index in [-0.39, 0.29) is 29.6 Å². The SMILES string of the molecule is CNC(=O)c1ccc(N2CCN(Cc3cnc4c(c3)CC(=O)C(C(F)(F)F)=C4C)[C@@H](C)C2)cn1. The maximum absolute atomic E-state index is 13.3. The zero-order valence-electron chi connectivity index (χ0n) is 19.2. The van der Waals surface area contributed by atoms with Crippen LogP contribution in [-0.4, -0.2) is 65.5 Å². The number of alkyl halides is 3. The smallest absolute Gasteiger partial charge is 0.367 e. The third-order valence-corrected chi connectivity index (χ3v) is 6.39. The zero-order valence-corrected chi connectivity index (χ0v) is 19.2. The Morgan fingerprint density at radius 1 is 1.21 bits per heavy atom. The zero-order chi connectivity index (χ0) is 24.6. The van der Waals surface area contributed by atoms with Crippen LogP contribution in [-0.2, 0) is 17.8 Å². The van der Waals surface area contributed by atoms with Crippen LogP contribution in [0.4, 0.5) is 18.9 Å². The first kappa shape index (κ1) is 23.9. The molecule has 0 unspecified atom stereocenters. The van der Waals surface area contributed by atoms with Crippen molar-refractivity contribution in [1.82, 2.24) is 20.2 Å². The predicted octanol–water partition coefficient (Wildman–Crippen LogP) is 3.01. The number of hydrogen-bond acceptors (Lipinski definition) is 6. The molecule has 4 rings (SSSR count). The summed E-state index contributed by atoms with van der Waals surface area (Å²) in [7, 11) is 1.56. The average molecular weight is 473 g/mol. The number of fused-ring (bicyclic) bond motifs is 1. The highest BCUT2D eigenvalue weighted by atomic mass is 19.4. The van der Waals surface area contributed by atoms with E-state index >= 15 is 0 Å². The quantitative estimate of drug-likeness (QED) is 0.736. The fourth-order valence-corrected chi connectivity index (χ4v) is 4.61. The Morgan fingerprint density at radius 2 is 1.97 bits per heavy atom. The van der Waals surface area contributed by atoms with Crippen LogP contribution in [0.25, 0.3) is 5.57 Å². The number of Topliss-reactive ketones (excluding diaryl/α,β-unsaturated/α-hetero) is 1. The summed E-state index contributed by atoms with van der Waals surface area (Å²) in [4.78, 5) is 36.9. The number of carbonyl (C=O) groups excluding carboxylic acids is 2. The lowest BCUT2D eigenvalue weighted by Crippen LogP contribution is -2.51. The summed E-state index contributed by atoms with van der Waals surface area (Å²) < 4.78 is 39.8. The van der Waals surface area contributed by atoms with Crippen molar-refractivity contribution in [3.8, 4) is 0 Å². The Labute approximate surface area is 195 Å². The molecule has 34 heavy (non-hydrogen) atoms. The largest absolute Gasteiger partial charge is 0.420 e. The van der Waals surface area contributed by atoms with Crippen molar-refractivity contribution in [3.05, 3.63) is 58.7 Å².